The normalized spacial score (nSPS) is 13.3. The molecule has 2 rings (SSSR count). The van der Waals surface area contributed by atoms with Crippen LogP contribution >= 0.6 is 11.6 Å². The number of aliphatic carboxylic acids is 1. The zero-order valence-electron chi connectivity index (χ0n) is 17.8. The van der Waals surface area contributed by atoms with E-state index in [1.165, 1.54) is 31.2 Å². The molecule has 0 aliphatic heterocycles. The number of rotatable bonds is 9. The quantitative estimate of drug-likeness (QED) is 0.340. The number of halogens is 5. The van der Waals surface area contributed by atoms with Gasteiger partial charge in [-0.25, -0.2) is 9.18 Å². The van der Waals surface area contributed by atoms with Gasteiger partial charge < -0.3 is 20.5 Å². The lowest BCUT2D eigenvalue weighted by Gasteiger charge is -2.25. The molecule has 2 atom stereocenters. The maximum atomic E-state index is 14.0. The number of anilines is 2. The summed E-state index contributed by atoms with van der Waals surface area (Å²) < 4.78 is 59.8. The van der Waals surface area contributed by atoms with Crippen LogP contribution in [0, 0.1) is 5.82 Å². The molecule has 33 heavy (non-hydrogen) atoms. The van der Waals surface area contributed by atoms with E-state index < -0.39 is 36.0 Å². The number of hydrogen-bond acceptors (Lipinski definition) is 3. The van der Waals surface area contributed by atoms with E-state index in [0.717, 1.165) is 12.1 Å². The molecular weight excluding hydrogens is 468 g/mol. The molecule has 0 saturated carbocycles. The van der Waals surface area contributed by atoms with Crippen LogP contribution in [0.5, 0.6) is 0 Å². The van der Waals surface area contributed by atoms with Crippen molar-refractivity contribution in [1.29, 1.82) is 0 Å². The van der Waals surface area contributed by atoms with Crippen molar-refractivity contribution < 1.29 is 37.0 Å². The fourth-order valence-electron chi connectivity index (χ4n) is 3.27. The smallest absolute Gasteiger partial charge is 0.418 e. The van der Waals surface area contributed by atoms with E-state index in [4.69, 9.17) is 21.4 Å². The molecule has 11 heteroatoms. The van der Waals surface area contributed by atoms with Gasteiger partial charge in [-0.3, -0.25) is 4.79 Å². The minimum Gasteiger partial charge on any atom is -0.481 e. The van der Waals surface area contributed by atoms with Gasteiger partial charge in [-0.2, -0.15) is 13.2 Å². The summed E-state index contributed by atoms with van der Waals surface area (Å²) in [5, 5.41) is 13.8. The van der Waals surface area contributed by atoms with E-state index in [0.29, 0.717) is 12.0 Å². The Balaban J connectivity index is 2.46. The van der Waals surface area contributed by atoms with Crippen molar-refractivity contribution in [2.75, 3.05) is 17.2 Å². The summed E-state index contributed by atoms with van der Waals surface area (Å²) in [6.45, 7) is 2.89. The highest BCUT2D eigenvalue weighted by Crippen LogP contribution is 2.40. The highest BCUT2D eigenvalue weighted by molar-refractivity contribution is 6.30. The Hall–Kier alpha value is -2.85. The highest BCUT2D eigenvalue weighted by Gasteiger charge is 2.43. The molecule has 0 radical (unpaired) electrons. The second-order valence-electron chi connectivity index (χ2n) is 7.13. The van der Waals surface area contributed by atoms with Crippen molar-refractivity contribution in [2.24, 2.45) is 0 Å². The van der Waals surface area contributed by atoms with Gasteiger partial charge in [-0.05, 0) is 49.1 Å². The molecule has 0 aromatic heterocycles. The lowest BCUT2D eigenvalue weighted by atomic mass is 9.91. The summed E-state index contributed by atoms with van der Waals surface area (Å²) in [6.07, 6.45) is -6.95. The van der Waals surface area contributed by atoms with Gasteiger partial charge in [0.2, 0.25) is 0 Å². The van der Waals surface area contributed by atoms with Crippen molar-refractivity contribution in [3.63, 3.8) is 0 Å². The van der Waals surface area contributed by atoms with Gasteiger partial charge in [-0.15, -0.1) is 0 Å². The largest absolute Gasteiger partial charge is 0.481 e. The summed E-state index contributed by atoms with van der Waals surface area (Å²) in [6, 6.07) is 6.31. The topological polar surface area (TPSA) is 87.7 Å². The number of ether oxygens (including phenoxy) is 1. The van der Waals surface area contributed by atoms with Crippen LogP contribution in [0.4, 0.5) is 33.7 Å². The Kier molecular flexibility index (Phi) is 9.07. The third-order valence-electron chi connectivity index (χ3n) is 4.80. The molecule has 0 unspecified atom stereocenters. The molecule has 0 saturated heterocycles. The number of carboxylic acid groups (broad SMARTS) is 1. The first-order valence-electron chi connectivity index (χ1n) is 10.0. The number of amides is 2. The number of alkyl halides is 3. The molecule has 180 valence electrons. The molecule has 0 fully saturated rings. The van der Waals surface area contributed by atoms with Crippen molar-refractivity contribution in [2.45, 2.75) is 44.9 Å². The van der Waals surface area contributed by atoms with Crippen molar-refractivity contribution >= 4 is 35.0 Å². The molecule has 6 nitrogen and oxygen atoms in total. The van der Waals surface area contributed by atoms with Crippen LogP contribution < -0.4 is 10.6 Å². The van der Waals surface area contributed by atoms with Crippen molar-refractivity contribution in [3.05, 3.63) is 58.4 Å². The summed E-state index contributed by atoms with van der Waals surface area (Å²) in [7, 11) is 0. The number of benzene rings is 2. The Morgan fingerprint density at radius 3 is 2.30 bits per heavy atom. The van der Waals surface area contributed by atoms with Crippen molar-refractivity contribution in [3.8, 4) is 0 Å². The first-order valence-corrected chi connectivity index (χ1v) is 10.4. The third kappa shape index (κ3) is 7.33. The van der Waals surface area contributed by atoms with Crippen LogP contribution in [0.15, 0.2) is 36.4 Å². The summed E-state index contributed by atoms with van der Waals surface area (Å²) in [4.78, 5) is 23.7. The second-order valence-corrected chi connectivity index (χ2v) is 7.57. The van der Waals surface area contributed by atoms with Crippen LogP contribution in [-0.2, 0) is 9.53 Å². The van der Waals surface area contributed by atoms with Gasteiger partial charge in [-0.1, -0.05) is 30.7 Å². The van der Waals surface area contributed by atoms with E-state index >= 15 is 0 Å². The Morgan fingerprint density at radius 1 is 1.09 bits per heavy atom. The minimum atomic E-state index is -4.78. The monoisotopic (exact) mass is 490 g/mol. The molecule has 0 heterocycles. The lowest BCUT2D eigenvalue weighted by molar-refractivity contribution is -0.222. The van der Waals surface area contributed by atoms with Crippen LogP contribution in [0.3, 0.4) is 0 Å². The van der Waals surface area contributed by atoms with Gasteiger partial charge in [0, 0.05) is 22.9 Å². The molecular formula is C22H23ClF4N2O4. The van der Waals surface area contributed by atoms with E-state index in [1.54, 1.807) is 6.92 Å². The second kappa shape index (κ2) is 11.3. The summed E-state index contributed by atoms with van der Waals surface area (Å²) in [5.74, 6) is -2.40. The molecule has 2 aromatic carbocycles. The standard InChI is InChI=1S/C22H23ClF4N2O4/c1-3-12(10-19(30)31)13-5-7-15(20(33-4-2)22(25,26)27)18(9-13)29-21(32)28-17-8-6-14(23)11-16(17)24/h5-9,11-12,20H,3-4,10H2,1-2H3,(H,30,31)(H2,28,29,32)/t12-,20-/m1/s1. The Bertz CT molecular complexity index is 1000. The number of hydrogen-bond donors (Lipinski definition) is 3. The van der Waals surface area contributed by atoms with Crippen molar-refractivity contribution in [1.82, 2.24) is 0 Å². The van der Waals surface area contributed by atoms with E-state index in [9.17, 15) is 27.2 Å². The molecule has 2 amide bonds. The zero-order valence-corrected chi connectivity index (χ0v) is 18.6. The maximum absolute atomic E-state index is 14.0. The van der Waals surface area contributed by atoms with E-state index in [1.807, 2.05) is 0 Å². The van der Waals surface area contributed by atoms with Crippen LogP contribution in [0.1, 0.15) is 49.8 Å². The van der Waals surface area contributed by atoms with Crippen LogP contribution in [0.2, 0.25) is 5.02 Å². The summed E-state index contributed by atoms with van der Waals surface area (Å²) in [5.41, 5.74) is -0.415. The van der Waals surface area contributed by atoms with Gasteiger partial charge >= 0.3 is 18.2 Å². The molecule has 2 aromatic rings. The average Bonchev–Trinajstić information content (AvgIpc) is 2.71. The molecule has 0 aliphatic carbocycles. The molecule has 0 aliphatic rings. The van der Waals surface area contributed by atoms with Gasteiger partial charge in [0.05, 0.1) is 12.1 Å². The molecule has 0 bridgehead atoms. The first kappa shape index (κ1) is 26.4. The Morgan fingerprint density at radius 2 is 1.76 bits per heavy atom. The highest BCUT2D eigenvalue weighted by atomic mass is 35.5. The SMILES string of the molecule is CCO[C@H](c1ccc([C@H](CC)CC(=O)O)cc1NC(=O)Nc1ccc(Cl)cc1F)C(F)(F)F. The first-order chi connectivity index (χ1) is 15.5. The number of carbonyl (C=O) groups is 2. The predicted molar refractivity (Wildman–Crippen MR) is 116 cm³/mol. The Labute approximate surface area is 192 Å². The molecule has 0 spiro atoms. The zero-order chi connectivity index (χ0) is 24.8. The fourth-order valence-corrected chi connectivity index (χ4v) is 3.43. The van der Waals surface area contributed by atoms with Gasteiger partial charge in [0.1, 0.15) is 5.82 Å². The predicted octanol–water partition coefficient (Wildman–Crippen LogP) is 6.73. The number of carbonyl (C=O) groups excluding carboxylic acids is 1. The fraction of sp³-hybridized carbons (Fsp3) is 0.364. The van der Waals surface area contributed by atoms with Crippen LogP contribution in [-0.4, -0.2) is 29.9 Å². The number of urea groups is 1. The lowest BCUT2D eigenvalue weighted by Crippen LogP contribution is -2.27. The average molecular weight is 491 g/mol. The maximum Gasteiger partial charge on any atom is 0.418 e. The van der Waals surface area contributed by atoms with Crippen LogP contribution in [0.25, 0.3) is 0 Å². The van der Waals surface area contributed by atoms with E-state index in [2.05, 4.69) is 10.6 Å². The van der Waals surface area contributed by atoms with Gasteiger partial charge in [0.15, 0.2) is 6.10 Å². The minimum absolute atomic E-state index is 0.0993. The number of nitrogens with one attached hydrogen (secondary N) is 2. The van der Waals surface area contributed by atoms with E-state index in [-0.39, 0.29) is 35.0 Å². The number of carboxylic acids is 1. The summed E-state index contributed by atoms with van der Waals surface area (Å²) >= 11 is 5.68. The van der Waals surface area contributed by atoms with Gasteiger partial charge in [0.25, 0.3) is 0 Å². The molecule has 3 N–H and O–H groups in total. The third-order valence-corrected chi connectivity index (χ3v) is 5.04.